The van der Waals surface area contributed by atoms with E-state index in [0.717, 1.165) is 12.0 Å². The van der Waals surface area contributed by atoms with E-state index in [9.17, 15) is 4.79 Å². The lowest BCUT2D eigenvalue weighted by atomic mass is 9.93. The zero-order chi connectivity index (χ0) is 10.8. The first-order valence-corrected chi connectivity index (χ1v) is 5.10. The number of fused-ring (bicyclic) bond motifs is 1. The van der Waals surface area contributed by atoms with Gasteiger partial charge in [-0.1, -0.05) is 30.4 Å². The van der Waals surface area contributed by atoms with E-state index in [-0.39, 0.29) is 11.9 Å². The first kappa shape index (κ1) is 9.97. The van der Waals surface area contributed by atoms with E-state index < -0.39 is 0 Å². The Kier molecular flexibility index (Phi) is 2.58. The SMILES string of the molecule is COC(=O)C(C)c1cccc2c1CC=C2. The fourth-order valence-corrected chi connectivity index (χ4v) is 2.03. The lowest BCUT2D eigenvalue weighted by molar-refractivity contribution is -0.142. The molecule has 1 aromatic carbocycles. The summed E-state index contributed by atoms with van der Waals surface area (Å²) in [7, 11) is 1.43. The summed E-state index contributed by atoms with van der Waals surface area (Å²) in [5.74, 6) is -0.347. The van der Waals surface area contributed by atoms with E-state index in [1.807, 2.05) is 19.1 Å². The van der Waals surface area contributed by atoms with E-state index in [4.69, 9.17) is 4.74 Å². The Hall–Kier alpha value is -1.57. The quantitative estimate of drug-likeness (QED) is 0.689. The summed E-state index contributed by atoms with van der Waals surface area (Å²) in [5, 5.41) is 0. The molecule has 1 atom stereocenters. The largest absolute Gasteiger partial charge is 0.469 e. The molecule has 1 unspecified atom stereocenters. The standard InChI is InChI=1S/C13H14O2/c1-9(13(14)15-2)11-7-3-5-10-6-4-8-12(10)11/h3-7,9H,8H2,1-2H3. The molecule has 0 saturated carbocycles. The van der Waals surface area contributed by atoms with Crippen LogP contribution in [-0.4, -0.2) is 13.1 Å². The van der Waals surface area contributed by atoms with Gasteiger partial charge in [0.2, 0.25) is 0 Å². The molecule has 15 heavy (non-hydrogen) atoms. The summed E-state index contributed by atoms with van der Waals surface area (Å²) in [6, 6.07) is 6.07. The molecule has 0 saturated heterocycles. The van der Waals surface area contributed by atoms with Crippen LogP contribution in [0.15, 0.2) is 24.3 Å². The average molecular weight is 202 g/mol. The van der Waals surface area contributed by atoms with Gasteiger partial charge in [-0.15, -0.1) is 0 Å². The number of ether oxygens (including phenoxy) is 1. The highest BCUT2D eigenvalue weighted by atomic mass is 16.5. The van der Waals surface area contributed by atoms with Crippen LogP contribution in [0.2, 0.25) is 0 Å². The van der Waals surface area contributed by atoms with Crippen molar-refractivity contribution in [1.29, 1.82) is 0 Å². The molecule has 1 aliphatic carbocycles. The van der Waals surface area contributed by atoms with Crippen LogP contribution in [0.25, 0.3) is 6.08 Å². The second-order valence-electron chi connectivity index (χ2n) is 3.77. The molecule has 0 aliphatic heterocycles. The maximum Gasteiger partial charge on any atom is 0.312 e. The molecule has 0 N–H and O–H groups in total. The predicted octanol–water partition coefficient (Wildman–Crippen LogP) is 2.53. The third kappa shape index (κ3) is 1.67. The van der Waals surface area contributed by atoms with Gasteiger partial charge < -0.3 is 4.74 Å². The lowest BCUT2D eigenvalue weighted by Crippen LogP contribution is -2.12. The highest BCUT2D eigenvalue weighted by molar-refractivity contribution is 5.79. The van der Waals surface area contributed by atoms with Gasteiger partial charge in [-0.05, 0) is 30.0 Å². The Morgan fingerprint density at radius 2 is 2.27 bits per heavy atom. The van der Waals surface area contributed by atoms with Crippen molar-refractivity contribution in [2.75, 3.05) is 7.11 Å². The number of methoxy groups -OCH3 is 1. The highest BCUT2D eigenvalue weighted by Gasteiger charge is 2.20. The van der Waals surface area contributed by atoms with E-state index in [1.165, 1.54) is 18.2 Å². The molecular formula is C13H14O2. The van der Waals surface area contributed by atoms with E-state index in [1.54, 1.807) is 0 Å². The minimum absolute atomic E-state index is 0.171. The molecule has 0 fully saturated rings. The molecule has 0 spiro atoms. The zero-order valence-electron chi connectivity index (χ0n) is 8.99. The second-order valence-corrected chi connectivity index (χ2v) is 3.77. The second kappa shape index (κ2) is 3.89. The van der Waals surface area contributed by atoms with Crippen LogP contribution in [0.3, 0.4) is 0 Å². The number of carbonyl (C=O) groups excluding carboxylic acids is 1. The number of benzene rings is 1. The minimum atomic E-state index is -0.176. The first-order valence-electron chi connectivity index (χ1n) is 5.10. The Morgan fingerprint density at radius 3 is 3.00 bits per heavy atom. The number of hydrogen-bond acceptors (Lipinski definition) is 2. The Morgan fingerprint density at radius 1 is 1.47 bits per heavy atom. The molecule has 1 aliphatic rings. The summed E-state index contributed by atoms with van der Waals surface area (Å²) < 4.78 is 4.77. The fourth-order valence-electron chi connectivity index (χ4n) is 2.03. The summed E-state index contributed by atoms with van der Waals surface area (Å²) in [4.78, 5) is 11.5. The van der Waals surface area contributed by atoms with Gasteiger partial charge in [0.25, 0.3) is 0 Å². The summed E-state index contributed by atoms with van der Waals surface area (Å²) in [5.41, 5.74) is 3.57. The summed E-state index contributed by atoms with van der Waals surface area (Å²) >= 11 is 0. The third-order valence-electron chi connectivity index (χ3n) is 2.89. The maximum atomic E-state index is 11.5. The molecule has 2 rings (SSSR count). The zero-order valence-corrected chi connectivity index (χ0v) is 8.99. The number of rotatable bonds is 2. The van der Waals surface area contributed by atoms with Crippen LogP contribution >= 0.6 is 0 Å². The smallest absolute Gasteiger partial charge is 0.312 e. The molecule has 0 amide bonds. The van der Waals surface area contributed by atoms with Crippen molar-refractivity contribution in [3.8, 4) is 0 Å². The van der Waals surface area contributed by atoms with Gasteiger partial charge >= 0.3 is 5.97 Å². The van der Waals surface area contributed by atoms with Gasteiger partial charge in [-0.2, -0.15) is 0 Å². The lowest BCUT2D eigenvalue weighted by Gasteiger charge is -2.13. The number of carbonyl (C=O) groups is 1. The predicted molar refractivity (Wildman–Crippen MR) is 59.6 cm³/mol. The number of hydrogen-bond donors (Lipinski definition) is 0. The number of allylic oxidation sites excluding steroid dienone is 1. The summed E-state index contributed by atoms with van der Waals surface area (Å²) in [6.07, 6.45) is 5.15. The molecule has 0 radical (unpaired) electrons. The number of esters is 1. The highest BCUT2D eigenvalue weighted by Crippen LogP contribution is 2.28. The molecule has 78 valence electrons. The van der Waals surface area contributed by atoms with Crippen molar-refractivity contribution in [2.45, 2.75) is 19.3 Å². The fraction of sp³-hybridized carbons (Fsp3) is 0.308. The molecule has 1 aromatic rings. The van der Waals surface area contributed by atoms with Gasteiger partial charge in [0.15, 0.2) is 0 Å². The maximum absolute atomic E-state index is 11.5. The topological polar surface area (TPSA) is 26.3 Å². The van der Waals surface area contributed by atoms with Crippen LogP contribution in [-0.2, 0) is 16.0 Å². The van der Waals surface area contributed by atoms with Crippen molar-refractivity contribution < 1.29 is 9.53 Å². The van der Waals surface area contributed by atoms with Gasteiger partial charge in [0.1, 0.15) is 0 Å². The van der Waals surface area contributed by atoms with Crippen LogP contribution in [0.1, 0.15) is 29.5 Å². The van der Waals surface area contributed by atoms with Gasteiger partial charge in [-0.3, -0.25) is 4.79 Å². The average Bonchev–Trinajstić information content (AvgIpc) is 2.74. The van der Waals surface area contributed by atoms with Crippen molar-refractivity contribution in [2.24, 2.45) is 0 Å². The van der Waals surface area contributed by atoms with Crippen LogP contribution in [0.5, 0.6) is 0 Å². The van der Waals surface area contributed by atoms with Crippen molar-refractivity contribution >= 4 is 12.0 Å². The Bertz CT molecular complexity index is 419. The van der Waals surface area contributed by atoms with Gasteiger partial charge in [-0.25, -0.2) is 0 Å². The molecule has 2 nitrogen and oxygen atoms in total. The van der Waals surface area contributed by atoms with Crippen molar-refractivity contribution in [1.82, 2.24) is 0 Å². The summed E-state index contributed by atoms with van der Waals surface area (Å²) in [6.45, 7) is 1.89. The Labute approximate surface area is 89.6 Å². The Balaban J connectivity index is 2.38. The van der Waals surface area contributed by atoms with Crippen LogP contribution in [0.4, 0.5) is 0 Å². The minimum Gasteiger partial charge on any atom is -0.469 e. The normalized spacial score (nSPS) is 14.8. The molecule has 0 bridgehead atoms. The monoisotopic (exact) mass is 202 g/mol. The van der Waals surface area contributed by atoms with Crippen molar-refractivity contribution in [3.05, 3.63) is 41.0 Å². The van der Waals surface area contributed by atoms with E-state index >= 15 is 0 Å². The third-order valence-corrected chi connectivity index (χ3v) is 2.89. The van der Waals surface area contributed by atoms with Crippen LogP contribution < -0.4 is 0 Å². The molecular weight excluding hydrogens is 188 g/mol. The molecule has 0 aromatic heterocycles. The van der Waals surface area contributed by atoms with Gasteiger partial charge in [0, 0.05) is 0 Å². The van der Waals surface area contributed by atoms with E-state index in [0.29, 0.717) is 0 Å². The first-order chi connectivity index (χ1) is 7.24. The molecule has 2 heteroatoms. The molecule has 0 heterocycles. The van der Waals surface area contributed by atoms with E-state index in [2.05, 4.69) is 18.2 Å². The van der Waals surface area contributed by atoms with Crippen molar-refractivity contribution in [3.63, 3.8) is 0 Å². The van der Waals surface area contributed by atoms with Crippen LogP contribution in [0, 0.1) is 0 Å². The van der Waals surface area contributed by atoms with Gasteiger partial charge in [0.05, 0.1) is 13.0 Å².